The van der Waals surface area contributed by atoms with Crippen LogP contribution in [0.3, 0.4) is 0 Å². The molecule has 1 amide bonds. The SMILES string of the molecule is CN1CCOC(CNC(=O)CNCC2CC2)C1. The third kappa shape index (κ3) is 5.02. The molecule has 1 saturated carbocycles. The minimum absolute atomic E-state index is 0.0717. The van der Waals surface area contributed by atoms with Crippen molar-refractivity contribution < 1.29 is 9.53 Å². The molecular formula is C12H23N3O2. The first-order chi connectivity index (χ1) is 8.24. The van der Waals surface area contributed by atoms with Gasteiger partial charge in [-0.25, -0.2) is 0 Å². The number of hydrogen-bond acceptors (Lipinski definition) is 4. The summed E-state index contributed by atoms with van der Waals surface area (Å²) in [5.74, 6) is 0.889. The van der Waals surface area contributed by atoms with Gasteiger partial charge in [0, 0.05) is 19.6 Å². The maximum Gasteiger partial charge on any atom is 0.234 e. The van der Waals surface area contributed by atoms with Crippen LogP contribution in [0.15, 0.2) is 0 Å². The first kappa shape index (κ1) is 12.8. The normalized spacial score (nSPS) is 25.8. The average molecular weight is 241 g/mol. The monoisotopic (exact) mass is 241 g/mol. The summed E-state index contributed by atoms with van der Waals surface area (Å²) in [6.07, 6.45) is 2.77. The average Bonchev–Trinajstić information content (AvgIpc) is 3.11. The number of amides is 1. The van der Waals surface area contributed by atoms with Crippen molar-refractivity contribution in [2.75, 3.05) is 46.4 Å². The second kappa shape index (κ2) is 6.33. The standard InChI is InChI=1S/C12H23N3O2/c1-15-4-5-17-11(9-15)7-14-12(16)8-13-6-10-2-3-10/h10-11,13H,2-9H2,1H3,(H,14,16). The highest BCUT2D eigenvalue weighted by molar-refractivity contribution is 5.77. The van der Waals surface area contributed by atoms with Gasteiger partial charge in [0.1, 0.15) is 0 Å². The molecule has 1 unspecified atom stereocenters. The lowest BCUT2D eigenvalue weighted by Gasteiger charge is -2.30. The first-order valence-electron chi connectivity index (χ1n) is 6.51. The number of ether oxygens (including phenoxy) is 1. The summed E-state index contributed by atoms with van der Waals surface area (Å²) in [6, 6.07) is 0. The number of nitrogens with zero attached hydrogens (tertiary/aromatic N) is 1. The molecule has 5 heteroatoms. The number of nitrogens with one attached hydrogen (secondary N) is 2. The van der Waals surface area contributed by atoms with E-state index in [-0.39, 0.29) is 12.0 Å². The van der Waals surface area contributed by atoms with E-state index in [0.717, 1.165) is 32.2 Å². The van der Waals surface area contributed by atoms with E-state index in [1.807, 2.05) is 0 Å². The Balaban J connectivity index is 1.52. The van der Waals surface area contributed by atoms with Crippen molar-refractivity contribution in [3.63, 3.8) is 0 Å². The summed E-state index contributed by atoms with van der Waals surface area (Å²) < 4.78 is 5.57. The van der Waals surface area contributed by atoms with Gasteiger partial charge in [-0.2, -0.15) is 0 Å². The Morgan fingerprint density at radius 2 is 2.24 bits per heavy atom. The predicted molar refractivity (Wildman–Crippen MR) is 65.8 cm³/mol. The molecule has 1 saturated heterocycles. The van der Waals surface area contributed by atoms with Gasteiger partial charge in [0.2, 0.25) is 5.91 Å². The highest BCUT2D eigenvalue weighted by atomic mass is 16.5. The third-order valence-electron chi connectivity index (χ3n) is 3.28. The molecule has 2 rings (SSSR count). The smallest absolute Gasteiger partial charge is 0.234 e. The van der Waals surface area contributed by atoms with Gasteiger partial charge in [0.15, 0.2) is 0 Å². The molecule has 1 aliphatic heterocycles. The third-order valence-corrected chi connectivity index (χ3v) is 3.28. The number of carbonyl (C=O) groups is 1. The minimum Gasteiger partial charge on any atom is -0.374 e. The summed E-state index contributed by atoms with van der Waals surface area (Å²) in [4.78, 5) is 13.8. The van der Waals surface area contributed by atoms with Crippen molar-refractivity contribution in [1.82, 2.24) is 15.5 Å². The van der Waals surface area contributed by atoms with Crippen LogP contribution in [0.4, 0.5) is 0 Å². The van der Waals surface area contributed by atoms with Crippen LogP contribution in [0.2, 0.25) is 0 Å². The fourth-order valence-corrected chi connectivity index (χ4v) is 1.99. The lowest BCUT2D eigenvalue weighted by Crippen LogP contribution is -2.47. The highest BCUT2D eigenvalue weighted by Gasteiger charge is 2.21. The van der Waals surface area contributed by atoms with Gasteiger partial charge in [-0.05, 0) is 32.4 Å². The lowest BCUT2D eigenvalue weighted by atomic mass is 10.3. The molecule has 0 radical (unpaired) electrons. The Morgan fingerprint density at radius 3 is 2.94 bits per heavy atom. The summed E-state index contributed by atoms with van der Waals surface area (Å²) >= 11 is 0. The van der Waals surface area contributed by atoms with Crippen molar-refractivity contribution in [2.45, 2.75) is 18.9 Å². The van der Waals surface area contributed by atoms with Crippen LogP contribution in [0.5, 0.6) is 0 Å². The molecule has 0 spiro atoms. The number of likely N-dealkylation sites (N-methyl/N-ethyl adjacent to an activating group) is 1. The molecule has 1 atom stereocenters. The highest BCUT2D eigenvalue weighted by Crippen LogP contribution is 2.27. The fourth-order valence-electron chi connectivity index (χ4n) is 1.99. The molecule has 17 heavy (non-hydrogen) atoms. The van der Waals surface area contributed by atoms with E-state index >= 15 is 0 Å². The topological polar surface area (TPSA) is 53.6 Å². The molecule has 1 heterocycles. The molecule has 0 aromatic rings. The molecule has 2 fully saturated rings. The maximum absolute atomic E-state index is 11.5. The van der Waals surface area contributed by atoms with Gasteiger partial charge in [-0.3, -0.25) is 4.79 Å². The Labute approximate surface area is 103 Å². The van der Waals surface area contributed by atoms with Gasteiger partial charge in [0.05, 0.1) is 19.3 Å². The number of carbonyl (C=O) groups excluding carboxylic acids is 1. The molecule has 5 nitrogen and oxygen atoms in total. The fraction of sp³-hybridized carbons (Fsp3) is 0.917. The Bertz CT molecular complexity index is 256. The summed E-state index contributed by atoms with van der Waals surface area (Å²) in [5.41, 5.74) is 0. The first-order valence-corrected chi connectivity index (χ1v) is 6.51. The molecule has 0 bridgehead atoms. The summed E-state index contributed by atoms with van der Waals surface area (Å²) in [5, 5.41) is 6.09. The van der Waals surface area contributed by atoms with Crippen molar-refractivity contribution in [1.29, 1.82) is 0 Å². The molecule has 0 aromatic carbocycles. The second-order valence-corrected chi connectivity index (χ2v) is 5.13. The summed E-state index contributed by atoms with van der Waals surface area (Å²) in [7, 11) is 2.08. The van der Waals surface area contributed by atoms with Crippen LogP contribution >= 0.6 is 0 Å². The Morgan fingerprint density at radius 1 is 1.41 bits per heavy atom. The van der Waals surface area contributed by atoms with E-state index in [1.165, 1.54) is 12.8 Å². The number of morpholine rings is 1. The quantitative estimate of drug-likeness (QED) is 0.654. The van der Waals surface area contributed by atoms with Crippen LogP contribution < -0.4 is 10.6 Å². The molecule has 2 N–H and O–H groups in total. The van der Waals surface area contributed by atoms with E-state index in [1.54, 1.807) is 0 Å². The Hall–Kier alpha value is -0.650. The van der Waals surface area contributed by atoms with Crippen molar-refractivity contribution >= 4 is 5.91 Å². The van der Waals surface area contributed by atoms with Gasteiger partial charge in [0.25, 0.3) is 0 Å². The van der Waals surface area contributed by atoms with Crippen LogP contribution in [-0.2, 0) is 9.53 Å². The van der Waals surface area contributed by atoms with Crippen LogP contribution in [-0.4, -0.2) is 63.3 Å². The number of hydrogen-bond donors (Lipinski definition) is 2. The molecule has 2 aliphatic rings. The largest absolute Gasteiger partial charge is 0.374 e. The zero-order chi connectivity index (χ0) is 12.1. The van der Waals surface area contributed by atoms with Crippen LogP contribution in [0.25, 0.3) is 0 Å². The van der Waals surface area contributed by atoms with Crippen molar-refractivity contribution in [3.05, 3.63) is 0 Å². The van der Waals surface area contributed by atoms with Gasteiger partial charge < -0.3 is 20.3 Å². The van der Waals surface area contributed by atoms with Gasteiger partial charge in [-0.1, -0.05) is 0 Å². The zero-order valence-electron chi connectivity index (χ0n) is 10.6. The maximum atomic E-state index is 11.5. The molecule has 0 aromatic heterocycles. The molecule has 98 valence electrons. The van der Waals surface area contributed by atoms with E-state index in [2.05, 4.69) is 22.6 Å². The molecular weight excluding hydrogens is 218 g/mol. The second-order valence-electron chi connectivity index (χ2n) is 5.13. The van der Waals surface area contributed by atoms with E-state index in [0.29, 0.717) is 13.1 Å². The van der Waals surface area contributed by atoms with Crippen molar-refractivity contribution in [3.8, 4) is 0 Å². The van der Waals surface area contributed by atoms with E-state index in [4.69, 9.17) is 4.74 Å². The van der Waals surface area contributed by atoms with Crippen LogP contribution in [0.1, 0.15) is 12.8 Å². The molecule has 1 aliphatic carbocycles. The summed E-state index contributed by atoms with van der Waals surface area (Å²) in [6.45, 7) is 4.67. The zero-order valence-corrected chi connectivity index (χ0v) is 10.6. The lowest BCUT2D eigenvalue weighted by molar-refractivity contribution is -0.121. The Kier molecular flexibility index (Phi) is 4.76. The van der Waals surface area contributed by atoms with E-state index < -0.39 is 0 Å². The number of rotatable bonds is 6. The van der Waals surface area contributed by atoms with Crippen LogP contribution in [0, 0.1) is 5.92 Å². The predicted octanol–water partition coefficient (Wildman–Crippen LogP) is -0.567. The van der Waals surface area contributed by atoms with Gasteiger partial charge >= 0.3 is 0 Å². The van der Waals surface area contributed by atoms with E-state index in [9.17, 15) is 4.79 Å². The minimum atomic E-state index is 0.0717. The van der Waals surface area contributed by atoms with Gasteiger partial charge in [-0.15, -0.1) is 0 Å². The van der Waals surface area contributed by atoms with Crippen molar-refractivity contribution in [2.24, 2.45) is 5.92 Å².